The van der Waals surface area contributed by atoms with Crippen LogP contribution in [0.3, 0.4) is 0 Å². The molecule has 2 aromatic carbocycles. The summed E-state index contributed by atoms with van der Waals surface area (Å²) in [6.07, 6.45) is 3.18. The average molecular weight is 331 g/mol. The first kappa shape index (κ1) is 15.4. The van der Waals surface area contributed by atoms with Gasteiger partial charge in [0.1, 0.15) is 5.75 Å². The van der Waals surface area contributed by atoms with Crippen LogP contribution >= 0.6 is 11.6 Å². The van der Waals surface area contributed by atoms with Gasteiger partial charge in [-0.05, 0) is 48.4 Å². The SMILES string of the molecule is COc1cc(C)ccc1C(=O)/C=C/c1cc(Cl)c2c(c1)OCO2. The first-order chi connectivity index (χ1) is 11.1. The fourth-order valence-electron chi connectivity index (χ4n) is 2.35. The van der Waals surface area contributed by atoms with Crippen molar-refractivity contribution in [2.24, 2.45) is 0 Å². The van der Waals surface area contributed by atoms with E-state index in [2.05, 4.69) is 0 Å². The fraction of sp³-hybridized carbons (Fsp3) is 0.167. The molecule has 0 amide bonds. The van der Waals surface area contributed by atoms with Crippen LogP contribution in [0, 0.1) is 6.92 Å². The van der Waals surface area contributed by atoms with Gasteiger partial charge in [-0.1, -0.05) is 23.7 Å². The number of hydrogen-bond acceptors (Lipinski definition) is 4. The lowest BCUT2D eigenvalue weighted by atomic mass is 10.1. The number of aryl methyl sites for hydroxylation is 1. The van der Waals surface area contributed by atoms with Crippen LogP contribution in [0.4, 0.5) is 0 Å². The van der Waals surface area contributed by atoms with Gasteiger partial charge in [0, 0.05) is 0 Å². The number of methoxy groups -OCH3 is 1. The van der Waals surface area contributed by atoms with Crippen molar-refractivity contribution in [2.45, 2.75) is 6.92 Å². The molecule has 3 rings (SSSR count). The second-order valence-electron chi connectivity index (χ2n) is 5.14. The highest BCUT2D eigenvalue weighted by Gasteiger charge is 2.17. The molecule has 5 heteroatoms. The zero-order valence-corrected chi connectivity index (χ0v) is 13.5. The Bertz CT molecular complexity index is 796. The maximum absolute atomic E-state index is 12.4. The molecule has 1 aliphatic rings. The first-order valence-corrected chi connectivity index (χ1v) is 7.42. The molecule has 2 aromatic rings. The summed E-state index contributed by atoms with van der Waals surface area (Å²) in [7, 11) is 1.55. The van der Waals surface area contributed by atoms with Crippen molar-refractivity contribution < 1.29 is 19.0 Å². The molecule has 1 aliphatic heterocycles. The van der Waals surface area contributed by atoms with Crippen LogP contribution in [-0.4, -0.2) is 19.7 Å². The van der Waals surface area contributed by atoms with Gasteiger partial charge >= 0.3 is 0 Å². The molecule has 0 fully saturated rings. The van der Waals surface area contributed by atoms with Crippen molar-refractivity contribution in [1.29, 1.82) is 0 Å². The molecule has 0 spiro atoms. The Hall–Kier alpha value is -2.46. The predicted octanol–water partition coefficient (Wildman–Crippen LogP) is 4.28. The molecule has 0 radical (unpaired) electrons. The van der Waals surface area contributed by atoms with Crippen molar-refractivity contribution in [3.8, 4) is 17.2 Å². The standard InChI is InChI=1S/C18H15ClO4/c1-11-3-5-13(16(7-11)21-2)15(20)6-4-12-8-14(19)18-17(9-12)22-10-23-18/h3-9H,10H2,1-2H3/b6-4+. The molecule has 1 heterocycles. The van der Waals surface area contributed by atoms with Gasteiger partial charge in [-0.25, -0.2) is 0 Å². The van der Waals surface area contributed by atoms with E-state index in [4.69, 9.17) is 25.8 Å². The van der Waals surface area contributed by atoms with Gasteiger partial charge in [-0.2, -0.15) is 0 Å². The van der Waals surface area contributed by atoms with Gasteiger partial charge in [-0.3, -0.25) is 4.79 Å². The van der Waals surface area contributed by atoms with Gasteiger partial charge in [0.05, 0.1) is 17.7 Å². The Morgan fingerprint density at radius 2 is 2.09 bits per heavy atom. The third-order valence-electron chi connectivity index (χ3n) is 3.50. The normalized spacial score (nSPS) is 12.7. The summed E-state index contributed by atoms with van der Waals surface area (Å²) in [6.45, 7) is 2.10. The summed E-state index contributed by atoms with van der Waals surface area (Å²) < 4.78 is 15.8. The molecule has 0 saturated carbocycles. The number of benzene rings is 2. The van der Waals surface area contributed by atoms with E-state index in [9.17, 15) is 4.79 Å². The smallest absolute Gasteiger partial charge is 0.231 e. The van der Waals surface area contributed by atoms with Crippen molar-refractivity contribution in [3.05, 3.63) is 58.1 Å². The maximum atomic E-state index is 12.4. The van der Waals surface area contributed by atoms with E-state index in [-0.39, 0.29) is 12.6 Å². The summed E-state index contributed by atoms with van der Waals surface area (Å²) in [6, 6.07) is 8.97. The molecule has 0 unspecified atom stereocenters. The molecule has 0 atom stereocenters. The molecule has 118 valence electrons. The highest BCUT2D eigenvalue weighted by Crippen LogP contribution is 2.40. The van der Waals surface area contributed by atoms with Crippen molar-refractivity contribution in [2.75, 3.05) is 13.9 Å². The van der Waals surface area contributed by atoms with E-state index < -0.39 is 0 Å². The summed E-state index contributed by atoms with van der Waals surface area (Å²) in [4.78, 5) is 12.4. The van der Waals surface area contributed by atoms with E-state index in [1.165, 1.54) is 6.08 Å². The first-order valence-electron chi connectivity index (χ1n) is 7.04. The number of ether oxygens (including phenoxy) is 3. The minimum absolute atomic E-state index is 0.143. The zero-order valence-electron chi connectivity index (χ0n) is 12.8. The Morgan fingerprint density at radius 3 is 2.87 bits per heavy atom. The van der Waals surface area contributed by atoms with Gasteiger partial charge in [0.15, 0.2) is 17.3 Å². The second kappa shape index (κ2) is 6.34. The quantitative estimate of drug-likeness (QED) is 0.620. The number of halogens is 1. The number of hydrogen-bond donors (Lipinski definition) is 0. The van der Waals surface area contributed by atoms with E-state index in [0.717, 1.165) is 11.1 Å². The topological polar surface area (TPSA) is 44.8 Å². The van der Waals surface area contributed by atoms with E-state index in [1.807, 2.05) is 19.1 Å². The fourth-order valence-corrected chi connectivity index (χ4v) is 2.62. The lowest BCUT2D eigenvalue weighted by Crippen LogP contribution is -1.99. The van der Waals surface area contributed by atoms with Crippen LogP contribution in [0.25, 0.3) is 6.08 Å². The maximum Gasteiger partial charge on any atom is 0.231 e. The second-order valence-corrected chi connectivity index (χ2v) is 5.55. The monoisotopic (exact) mass is 330 g/mol. The van der Waals surface area contributed by atoms with Crippen LogP contribution in [0.15, 0.2) is 36.4 Å². The number of rotatable bonds is 4. The molecule has 0 saturated heterocycles. The Labute approximate surface area is 139 Å². The van der Waals surface area contributed by atoms with Crippen LogP contribution in [0.5, 0.6) is 17.2 Å². The lowest BCUT2D eigenvalue weighted by Gasteiger charge is -2.06. The number of fused-ring (bicyclic) bond motifs is 1. The Balaban J connectivity index is 1.86. The van der Waals surface area contributed by atoms with E-state index in [1.54, 1.807) is 31.4 Å². The van der Waals surface area contributed by atoms with Gasteiger partial charge in [0.2, 0.25) is 6.79 Å². The molecule has 0 aromatic heterocycles. The molecule has 23 heavy (non-hydrogen) atoms. The lowest BCUT2D eigenvalue weighted by molar-refractivity contribution is 0.104. The summed E-state index contributed by atoms with van der Waals surface area (Å²) in [5, 5.41) is 0.458. The molecule has 4 nitrogen and oxygen atoms in total. The molecule has 0 bridgehead atoms. The predicted molar refractivity (Wildman–Crippen MR) is 88.7 cm³/mol. The van der Waals surface area contributed by atoms with Crippen LogP contribution in [0.1, 0.15) is 21.5 Å². The molecular formula is C18H15ClO4. The van der Waals surface area contributed by atoms with Gasteiger partial charge < -0.3 is 14.2 Å². The van der Waals surface area contributed by atoms with Crippen molar-refractivity contribution in [3.63, 3.8) is 0 Å². The van der Waals surface area contributed by atoms with Crippen molar-refractivity contribution >= 4 is 23.5 Å². The highest BCUT2D eigenvalue weighted by atomic mass is 35.5. The van der Waals surface area contributed by atoms with Crippen LogP contribution in [0.2, 0.25) is 5.02 Å². The third-order valence-corrected chi connectivity index (χ3v) is 3.78. The number of carbonyl (C=O) groups excluding carboxylic acids is 1. The molecule has 0 N–H and O–H groups in total. The minimum atomic E-state index is -0.143. The molecule has 0 aliphatic carbocycles. The number of carbonyl (C=O) groups is 1. The highest BCUT2D eigenvalue weighted by molar-refractivity contribution is 6.32. The van der Waals surface area contributed by atoms with Crippen LogP contribution < -0.4 is 14.2 Å². The zero-order chi connectivity index (χ0) is 16.4. The van der Waals surface area contributed by atoms with Gasteiger partial charge in [-0.15, -0.1) is 0 Å². The third kappa shape index (κ3) is 3.17. The van der Waals surface area contributed by atoms with Crippen LogP contribution in [-0.2, 0) is 0 Å². The molecular weight excluding hydrogens is 316 g/mol. The Morgan fingerprint density at radius 1 is 1.26 bits per heavy atom. The number of allylic oxidation sites excluding steroid dienone is 1. The summed E-state index contributed by atoms with van der Waals surface area (Å²) >= 11 is 6.13. The summed E-state index contributed by atoms with van der Waals surface area (Å²) in [5.41, 5.74) is 2.31. The van der Waals surface area contributed by atoms with E-state index >= 15 is 0 Å². The summed E-state index contributed by atoms with van der Waals surface area (Å²) in [5.74, 6) is 1.53. The van der Waals surface area contributed by atoms with Gasteiger partial charge in [0.25, 0.3) is 0 Å². The number of ketones is 1. The van der Waals surface area contributed by atoms with E-state index in [0.29, 0.717) is 27.8 Å². The largest absolute Gasteiger partial charge is 0.496 e. The Kier molecular flexibility index (Phi) is 4.26. The minimum Gasteiger partial charge on any atom is -0.496 e. The van der Waals surface area contributed by atoms with Crippen molar-refractivity contribution in [1.82, 2.24) is 0 Å². The average Bonchev–Trinajstić information content (AvgIpc) is 3.01.